The van der Waals surface area contributed by atoms with Crippen LogP contribution in [0.4, 0.5) is 0 Å². The highest BCUT2D eigenvalue weighted by atomic mass is 32.2. The molecule has 2 N–H and O–H groups in total. The zero-order valence-corrected chi connectivity index (χ0v) is 10.7. The fourth-order valence-corrected chi connectivity index (χ4v) is 2.48. The Balaban J connectivity index is 2.02. The lowest BCUT2D eigenvalue weighted by Gasteiger charge is -2.04. The van der Waals surface area contributed by atoms with Crippen LogP contribution in [0.1, 0.15) is 17.0 Å². The van der Waals surface area contributed by atoms with Gasteiger partial charge >= 0.3 is 0 Å². The number of aryl methyl sites for hydroxylation is 1. The summed E-state index contributed by atoms with van der Waals surface area (Å²) in [6.07, 6.45) is 0. The highest BCUT2D eigenvalue weighted by molar-refractivity contribution is 7.98. The van der Waals surface area contributed by atoms with Crippen molar-refractivity contribution < 1.29 is 0 Å². The van der Waals surface area contributed by atoms with Gasteiger partial charge in [0.1, 0.15) is 0 Å². The van der Waals surface area contributed by atoms with Crippen LogP contribution < -0.4 is 5.73 Å². The van der Waals surface area contributed by atoms with Gasteiger partial charge in [-0.2, -0.15) is 0 Å². The molecule has 0 aliphatic rings. The highest BCUT2D eigenvalue weighted by Crippen LogP contribution is 2.22. The fraction of sp³-hybridized carbons (Fsp3) is 0.214. The van der Waals surface area contributed by atoms with Crippen molar-refractivity contribution in [1.82, 2.24) is 4.98 Å². The van der Waals surface area contributed by atoms with Crippen LogP contribution in [-0.4, -0.2) is 4.98 Å². The SMILES string of the molecule is Cc1cccc(CSc2cccc(CN)c2)n1. The van der Waals surface area contributed by atoms with Gasteiger partial charge in [0.2, 0.25) is 0 Å². The minimum absolute atomic E-state index is 0.594. The predicted octanol–water partition coefficient (Wildman–Crippen LogP) is 3.14. The molecule has 0 amide bonds. The van der Waals surface area contributed by atoms with Crippen molar-refractivity contribution in [2.75, 3.05) is 0 Å². The fourth-order valence-electron chi connectivity index (χ4n) is 1.60. The van der Waals surface area contributed by atoms with E-state index in [2.05, 4.69) is 35.3 Å². The Kier molecular flexibility index (Phi) is 4.18. The Labute approximate surface area is 106 Å². The van der Waals surface area contributed by atoms with Crippen LogP contribution in [0.5, 0.6) is 0 Å². The van der Waals surface area contributed by atoms with Crippen LogP contribution >= 0.6 is 11.8 Å². The molecule has 0 unspecified atom stereocenters. The summed E-state index contributed by atoms with van der Waals surface area (Å²) in [5.41, 5.74) is 8.98. The first-order valence-corrected chi connectivity index (χ1v) is 6.61. The summed E-state index contributed by atoms with van der Waals surface area (Å²) in [4.78, 5) is 5.73. The Morgan fingerprint density at radius 1 is 1.18 bits per heavy atom. The molecule has 88 valence electrons. The largest absolute Gasteiger partial charge is 0.326 e. The van der Waals surface area contributed by atoms with E-state index in [-0.39, 0.29) is 0 Å². The van der Waals surface area contributed by atoms with Gasteiger partial charge in [0.25, 0.3) is 0 Å². The standard InChI is InChI=1S/C14H16N2S/c1-11-4-2-6-13(16-11)10-17-14-7-3-5-12(8-14)9-15/h2-8H,9-10,15H2,1H3. The maximum absolute atomic E-state index is 5.62. The van der Waals surface area contributed by atoms with Gasteiger partial charge in [0.15, 0.2) is 0 Å². The van der Waals surface area contributed by atoms with Crippen LogP contribution in [0.25, 0.3) is 0 Å². The lowest BCUT2D eigenvalue weighted by Crippen LogP contribution is -1.95. The molecule has 1 aromatic carbocycles. The van der Waals surface area contributed by atoms with Crippen LogP contribution in [0.15, 0.2) is 47.4 Å². The maximum Gasteiger partial charge on any atom is 0.0509 e. The number of nitrogens with zero attached hydrogens (tertiary/aromatic N) is 1. The second kappa shape index (κ2) is 5.84. The highest BCUT2D eigenvalue weighted by Gasteiger charge is 1.99. The van der Waals surface area contributed by atoms with Crippen molar-refractivity contribution in [3.05, 3.63) is 59.4 Å². The zero-order valence-electron chi connectivity index (χ0n) is 9.89. The van der Waals surface area contributed by atoms with Crippen molar-refractivity contribution >= 4 is 11.8 Å². The second-order valence-corrected chi connectivity index (χ2v) is 4.96. The molecule has 2 rings (SSSR count). The van der Waals surface area contributed by atoms with Gasteiger partial charge in [0, 0.05) is 22.9 Å². The molecular formula is C14H16N2S. The normalized spacial score (nSPS) is 10.5. The van der Waals surface area contributed by atoms with E-state index in [9.17, 15) is 0 Å². The molecule has 17 heavy (non-hydrogen) atoms. The van der Waals surface area contributed by atoms with E-state index in [4.69, 9.17) is 5.73 Å². The molecule has 0 atom stereocenters. The lowest BCUT2D eigenvalue weighted by molar-refractivity contribution is 1.06. The average molecular weight is 244 g/mol. The van der Waals surface area contributed by atoms with Crippen LogP contribution in [-0.2, 0) is 12.3 Å². The molecule has 2 aromatic rings. The number of thioether (sulfide) groups is 1. The summed E-state index contributed by atoms with van der Waals surface area (Å²) in [7, 11) is 0. The van der Waals surface area contributed by atoms with Crippen molar-refractivity contribution in [3.63, 3.8) is 0 Å². The molecule has 0 aliphatic heterocycles. The molecular weight excluding hydrogens is 228 g/mol. The number of hydrogen-bond acceptors (Lipinski definition) is 3. The number of benzene rings is 1. The molecule has 0 bridgehead atoms. The minimum atomic E-state index is 0.594. The van der Waals surface area contributed by atoms with Crippen molar-refractivity contribution in [2.24, 2.45) is 5.73 Å². The molecule has 2 nitrogen and oxygen atoms in total. The molecule has 0 radical (unpaired) electrons. The number of rotatable bonds is 4. The molecule has 0 saturated carbocycles. The quantitative estimate of drug-likeness (QED) is 0.840. The monoisotopic (exact) mass is 244 g/mol. The van der Waals surface area contributed by atoms with E-state index in [0.717, 1.165) is 17.1 Å². The van der Waals surface area contributed by atoms with Gasteiger partial charge in [-0.1, -0.05) is 18.2 Å². The second-order valence-electron chi connectivity index (χ2n) is 3.91. The van der Waals surface area contributed by atoms with Crippen molar-refractivity contribution in [1.29, 1.82) is 0 Å². The van der Waals surface area contributed by atoms with Crippen LogP contribution in [0.2, 0.25) is 0 Å². The van der Waals surface area contributed by atoms with Crippen molar-refractivity contribution in [3.8, 4) is 0 Å². The van der Waals surface area contributed by atoms with E-state index in [1.54, 1.807) is 11.8 Å². The molecule has 0 spiro atoms. The number of hydrogen-bond donors (Lipinski definition) is 1. The topological polar surface area (TPSA) is 38.9 Å². The first kappa shape index (κ1) is 12.1. The smallest absolute Gasteiger partial charge is 0.0509 e. The zero-order chi connectivity index (χ0) is 12.1. The van der Waals surface area contributed by atoms with Gasteiger partial charge in [-0.05, 0) is 36.8 Å². The van der Waals surface area contributed by atoms with E-state index >= 15 is 0 Å². The molecule has 1 heterocycles. The summed E-state index contributed by atoms with van der Waals surface area (Å²) >= 11 is 1.79. The summed E-state index contributed by atoms with van der Waals surface area (Å²) in [6.45, 7) is 2.61. The average Bonchev–Trinajstić information content (AvgIpc) is 2.37. The van der Waals surface area contributed by atoms with E-state index in [1.165, 1.54) is 10.5 Å². The summed E-state index contributed by atoms with van der Waals surface area (Å²) < 4.78 is 0. The third-order valence-corrected chi connectivity index (χ3v) is 3.49. The van der Waals surface area contributed by atoms with E-state index in [0.29, 0.717) is 6.54 Å². The minimum Gasteiger partial charge on any atom is -0.326 e. The third-order valence-electron chi connectivity index (χ3n) is 2.47. The van der Waals surface area contributed by atoms with Gasteiger partial charge in [-0.3, -0.25) is 4.98 Å². The molecule has 0 saturated heterocycles. The third kappa shape index (κ3) is 3.58. The van der Waals surface area contributed by atoms with Gasteiger partial charge in [-0.25, -0.2) is 0 Å². The summed E-state index contributed by atoms with van der Waals surface area (Å²) in [5, 5.41) is 0. The Morgan fingerprint density at radius 2 is 2.00 bits per heavy atom. The Hall–Kier alpha value is -1.32. The number of pyridine rings is 1. The number of aromatic nitrogens is 1. The maximum atomic E-state index is 5.62. The molecule has 1 aromatic heterocycles. The van der Waals surface area contributed by atoms with E-state index in [1.807, 2.05) is 19.1 Å². The lowest BCUT2D eigenvalue weighted by atomic mass is 10.2. The first-order valence-electron chi connectivity index (χ1n) is 5.62. The van der Waals surface area contributed by atoms with Gasteiger partial charge < -0.3 is 5.73 Å². The van der Waals surface area contributed by atoms with Crippen LogP contribution in [0.3, 0.4) is 0 Å². The Bertz CT molecular complexity index is 497. The van der Waals surface area contributed by atoms with E-state index < -0.39 is 0 Å². The van der Waals surface area contributed by atoms with Crippen LogP contribution in [0, 0.1) is 6.92 Å². The molecule has 3 heteroatoms. The summed E-state index contributed by atoms with van der Waals surface area (Å²) in [6, 6.07) is 14.5. The first-order chi connectivity index (χ1) is 8.28. The number of nitrogens with two attached hydrogens (primary N) is 1. The van der Waals surface area contributed by atoms with Gasteiger partial charge in [0.05, 0.1) is 5.69 Å². The van der Waals surface area contributed by atoms with Gasteiger partial charge in [-0.15, -0.1) is 11.8 Å². The molecule has 0 aliphatic carbocycles. The summed E-state index contributed by atoms with van der Waals surface area (Å²) in [5.74, 6) is 0.899. The van der Waals surface area contributed by atoms with Crippen molar-refractivity contribution in [2.45, 2.75) is 24.1 Å². The Morgan fingerprint density at radius 3 is 2.76 bits per heavy atom. The molecule has 0 fully saturated rings. The predicted molar refractivity (Wildman–Crippen MR) is 72.9 cm³/mol.